The molecule has 206 valence electrons. The van der Waals surface area contributed by atoms with Crippen LogP contribution in [0.1, 0.15) is 71.1 Å². The zero-order chi connectivity index (χ0) is 25.7. The van der Waals surface area contributed by atoms with Crippen LogP contribution in [0, 0.1) is 23.7 Å². The maximum Gasteiger partial charge on any atom is 0.406 e. The number of carbonyl (C=O) groups excluding carboxylic acids is 1. The van der Waals surface area contributed by atoms with E-state index in [-0.39, 0.29) is 23.0 Å². The minimum Gasteiger partial charge on any atom is -0.342 e. The van der Waals surface area contributed by atoms with Gasteiger partial charge in [-0.2, -0.15) is 13.2 Å². The van der Waals surface area contributed by atoms with Gasteiger partial charge in [0.05, 0.1) is 11.2 Å². The molecule has 1 aliphatic carbocycles. The van der Waals surface area contributed by atoms with E-state index in [4.69, 9.17) is 0 Å². The summed E-state index contributed by atoms with van der Waals surface area (Å²) in [5, 5.41) is 1.41. The first-order chi connectivity index (χ1) is 17.1. The Labute approximate surface area is 213 Å². The zero-order valence-corrected chi connectivity index (χ0v) is 22.1. The fraction of sp³-hybridized carbons (Fsp3) is 0.960. The van der Waals surface area contributed by atoms with E-state index in [1.165, 1.54) is 0 Å². The summed E-state index contributed by atoms with van der Waals surface area (Å²) in [6.45, 7) is 4.77. The van der Waals surface area contributed by atoms with Crippen LogP contribution in [0.5, 0.6) is 0 Å². The number of hydrogen-bond acceptors (Lipinski definition) is 5. The van der Waals surface area contributed by atoms with Gasteiger partial charge in [0.1, 0.15) is 6.04 Å². The Bertz CT molecular complexity index is 895. The number of nitrogens with zero attached hydrogens (tertiary/aromatic N) is 3. The standard InChI is InChI=1S/C25H41F3N4O3S/c1-17-4-6-20(7-5-17)36(34,35)31-13-8-18(9-14-31)19-10-15-32-21(16-19)22(23(29-32)25(26,27)28)24(33)30-11-2-3-12-30/h17-23,29H,2-16H2,1H3. The highest BCUT2D eigenvalue weighted by Crippen LogP contribution is 2.44. The molecule has 36 heavy (non-hydrogen) atoms. The van der Waals surface area contributed by atoms with Crippen LogP contribution in [0.25, 0.3) is 0 Å². The van der Waals surface area contributed by atoms with Crippen LogP contribution in [-0.4, -0.2) is 84.8 Å². The first kappa shape index (κ1) is 26.7. The Morgan fingerprint density at radius 3 is 2.08 bits per heavy atom. The second-order valence-electron chi connectivity index (χ2n) is 11.9. The third-order valence-electron chi connectivity index (χ3n) is 9.73. The quantitative estimate of drug-likeness (QED) is 0.599. The van der Waals surface area contributed by atoms with Gasteiger partial charge in [0, 0.05) is 38.8 Å². The molecule has 4 saturated heterocycles. The second kappa shape index (κ2) is 10.3. The summed E-state index contributed by atoms with van der Waals surface area (Å²) in [5.74, 6) is -0.374. The van der Waals surface area contributed by atoms with Gasteiger partial charge in [-0.3, -0.25) is 4.79 Å². The van der Waals surface area contributed by atoms with Crippen molar-refractivity contribution in [2.75, 3.05) is 32.7 Å². The lowest BCUT2D eigenvalue weighted by Crippen LogP contribution is -2.50. The molecule has 1 saturated carbocycles. The molecule has 5 fully saturated rings. The predicted molar refractivity (Wildman–Crippen MR) is 130 cm³/mol. The lowest BCUT2D eigenvalue weighted by molar-refractivity contribution is -0.172. The number of rotatable bonds is 4. The van der Waals surface area contributed by atoms with E-state index in [0.717, 1.165) is 57.8 Å². The molecule has 11 heteroatoms. The molecular weight excluding hydrogens is 493 g/mol. The number of nitrogens with one attached hydrogen (secondary N) is 1. The van der Waals surface area contributed by atoms with Crippen molar-refractivity contribution in [2.24, 2.45) is 23.7 Å². The Kier molecular flexibility index (Phi) is 7.66. The Balaban J connectivity index is 1.23. The first-order valence-corrected chi connectivity index (χ1v) is 15.4. The number of likely N-dealkylation sites (tertiary alicyclic amines) is 1. The first-order valence-electron chi connectivity index (χ1n) is 13.9. The normalized spacial score (nSPS) is 37.8. The number of piperidine rings is 2. The molecule has 1 N–H and O–H groups in total. The summed E-state index contributed by atoms with van der Waals surface area (Å²) < 4.78 is 70.0. The predicted octanol–water partition coefficient (Wildman–Crippen LogP) is 3.38. The molecule has 5 aliphatic rings. The van der Waals surface area contributed by atoms with E-state index >= 15 is 0 Å². The molecule has 4 aliphatic heterocycles. The van der Waals surface area contributed by atoms with Crippen LogP contribution in [-0.2, 0) is 14.8 Å². The number of alkyl halides is 3. The maximum absolute atomic E-state index is 14.0. The molecular formula is C25H41F3N4O3S. The molecule has 0 aromatic carbocycles. The van der Waals surface area contributed by atoms with Crippen LogP contribution >= 0.6 is 0 Å². The molecule has 5 rings (SSSR count). The van der Waals surface area contributed by atoms with Crippen molar-refractivity contribution in [3.63, 3.8) is 0 Å². The van der Waals surface area contributed by atoms with Gasteiger partial charge >= 0.3 is 6.18 Å². The highest BCUT2D eigenvalue weighted by Gasteiger charge is 2.59. The van der Waals surface area contributed by atoms with Crippen LogP contribution in [0.2, 0.25) is 0 Å². The molecule has 0 spiro atoms. The fourth-order valence-corrected chi connectivity index (χ4v) is 9.52. The Morgan fingerprint density at radius 1 is 0.861 bits per heavy atom. The molecule has 4 atom stereocenters. The van der Waals surface area contributed by atoms with Crippen LogP contribution in [0.3, 0.4) is 0 Å². The van der Waals surface area contributed by atoms with Crippen LogP contribution in [0.4, 0.5) is 13.2 Å². The van der Waals surface area contributed by atoms with Gasteiger partial charge < -0.3 is 4.90 Å². The molecule has 7 nitrogen and oxygen atoms in total. The smallest absolute Gasteiger partial charge is 0.342 e. The summed E-state index contributed by atoms with van der Waals surface area (Å²) in [6.07, 6.45) is 3.45. The van der Waals surface area contributed by atoms with Crippen molar-refractivity contribution in [3.05, 3.63) is 0 Å². The number of carbonyl (C=O) groups is 1. The number of hydrazine groups is 1. The van der Waals surface area contributed by atoms with Gasteiger partial charge in [-0.15, -0.1) is 0 Å². The summed E-state index contributed by atoms with van der Waals surface area (Å²) >= 11 is 0. The van der Waals surface area contributed by atoms with Gasteiger partial charge in [-0.25, -0.2) is 23.2 Å². The van der Waals surface area contributed by atoms with E-state index in [2.05, 4.69) is 12.3 Å². The average molecular weight is 535 g/mol. The summed E-state index contributed by atoms with van der Waals surface area (Å²) in [7, 11) is -3.29. The zero-order valence-electron chi connectivity index (χ0n) is 21.3. The van der Waals surface area contributed by atoms with Crippen LogP contribution < -0.4 is 5.43 Å². The van der Waals surface area contributed by atoms with Gasteiger partial charge in [0.25, 0.3) is 0 Å². The second-order valence-corrected chi connectivity index (χ2v) is 14.1. The van der Waals surface area contributed by atoms with Crippen molar-refractivity contribution in [2.45, 2.75) is 94.6 Å². The minimum absolute atomic E-state index is 0.217. The van der Waals surface area contributed by atoms with E-state index in [1.807, 2.05) is 0 Å². The third kappa shape index (κ3) is 5.18. The number of halogens is 3. The summed E-state index contributed by atoms with van der Waals surface area (Å²) in [4.78, 5) is 14.9. The highest BCUT2D eigenvalue weighted by molar-refractivity contribution is 7.89. The minimum atomic E-state index is -4.48. The van der Waals surface area contributed by atoms with Crippen molar-refractivity contribution in [1.29, 1.82) is 0 Å². The van der Waals surface area contributed by atoms with Crippen molar-refractivity contribution in [1.82, 2.24) is 19.6 Å². The van der Waals surface area contributed by atoms with Crippen molar-refractivity contribution >= 4 is 15.9 Å². The van der Waals surface area contributed by atoms with Gasteiger partial charge in [0.2, 0.25) is 15.9 Å². The Hall–Kier alpha value is -0.910. The van der Waals surface area contributed by atoms with E-state index in [1.54, 1.807) is 14.2 Å². The molecule has 0 aromatic rings. The maximum atomic E-state index is 14.0. The van der Waals surface area contributed by atoms with Gasteiger partial charge in [-0.1, -0.05) is 6.92 Å². The fourth-order valence-electron chi connectivity index (χ4n) is 7.51. The topological polar surface area (TPSA) is 73.0 Å². The number of fused-ring (bicyclic) bond motifs is 1. The number of hydrogen-bond donors (Lipinski definition) is 1. The lowest BCUT2D eigenvalue weighted by atomic mass is 9.74. The summed E-state index contributed by atoms with van der Waals surface area (Å²) in [6, 6.07) is -2.30. The molecule has 0 bridgehead atoms. The molecule has 4 unspecified atom stereocenters. The largest absolute Gasteiger partial charge is 0.406 e. The number of sulfonamides is 1. The monoisotopic (exact) mass is 534 g/mol. The number of amides is 1. The Morgan fingerprint density at radius 2 is 1.47 bits per heavy atom. The SMILES string of the molecule is CC1CCC(S(=O)(=O)N2CCC(C3CCN4NC(C(F)(F)F)C(C(=O)N5CCCC5)C4C3)CC2)CC1. The lowest BCUT2D eigenvalue weighted by Gasteiger charge is -2.43. The van der Waals surface area contributed by atoms with Gasteiger partial charge in [0.15, 0.2) is 0 Å². The molecule has 1 amide bonds. The average Bonchev–Trinajstić information content (AvgIpc) is 3.52. The molecule has 0 aromatic heterocycles. The van der Waals surface area contributed by atoms with E-state index in [9.17, 15) is 26.4 Å². The third-order valence-corrected chi connectivity index (χ3v) is 12.1. The highest BCUT2D eigenvalue weighted by atomic mass is 32.2. The van der Waals surface area contributed by atoms with Crippen molar-refractivity contribution < 1.29 is 26.4 Å². The summed E-state index contributed by atoms with van der Waals surface area (Å²) in [5.41, 5.74) is 2.65. The van der Waals surface area contributed by atoms with Crippen LogP contribution in [0.15, 0.2) is 0 Å². The molecule has 0 radical (unpaired) electrons. The molecule has 4 heterocycles. The van der Waals surface area contributed by atoms with E-state index < -0.39 is 34.2 Å². The van der Waals surface area contributed by atoms with Gasteiger partial charge in [-0.05, 0) is 82.0 Å². The van der Waals surface area contributed by atoms with Crippen molar-refractivity contribution in [3.8, 4) is 0 Å². The van der Waals surface area contributed by atoms with E-state index in [0.29, 0.717) is 45.1 Å².